The third-order valence-electron chi connectivity index (χ3n) is 4.38. The van der Waals surface area contributed by atoms with E-state index in [-0.39, 0.29) is 30.1 Å². The molecule has 0 spiro atoms. The van der Waals surface area contributed by atoms with Crippen molar-refractivity contribution in [3.63, 3.8) is 0 Å². The summed E-state index contributed by atoms with van der Waals surface area (Å²) in [6.45, 7) is 5.73. The van der Waals surface area contributed by atoms with Crippen LogP contribution in [0.2, 0.25) is 0 Å². The summed E-state index contributed by atoms with van der Waals surface area (Å²) >= 11 is 0. The van der Waals surface area contributed by atoms with Crippen molar-refractivity contribution in [1.29, 1.82) is 0 Å². The molecule has 0 radical (unpaired) electrons. The number of nitrogens with zero attached hydrogens (tertiary/aromatic N) is 3. The van der Waals surface area contributed by atoms with Gasteiger partial charge < -0.3 is 15.4 Å². The van der Waals surface area contributed by atoms with E-state index in [1.807, 2.05) is 13.8 Å². The van der Waals surface area contributed by atoms with Gasteiger partial charge in [0, 0.05) is 0 Å². The number of nitrogens with one attached hydrogen (secondary N) is 2. The van der Waals surface area contributed by atoms with Gasteiger partial charge in [-0.2, -0.15) is 0 Å². The molecule has 1 aliphatic rings. The zero-order valence-electron chi connectivity index (χ0n) is 14.3. The molecule has 0 aromatic carbocycles. The van der Waals surface area contributed by atoms with E-state index in [1.165, 1.54) is 7.11 Å². The third kappa shape index (κ3) is 4.91. The van der Waals surface area contributed by atoms with Crippen molar-refractivity contribution >= 4 is 24.3 Å². The van der Waals surface area contributed by atoms with Crippen molar-refractivity contribution in [1.82, 2.24) is 25.6 Å². The van der Waals surface area contributed by atoms with Crippen LogP contribution in [0.1, 0.15) is 49.6 Å². The van der Waals surface area contributed by atoms with Crippen LogP contribution < -0.4 is 10.6 Å². The molecule has 0 bridgehead atoms. The molecule has 9 heteroatoms. The first kappa shape index (κ1) is 20.4. The summed E-state index contributed by atoms with van der Waals surface area (Å²) in [6, 6.07) is -0.419. The molecule has 2 rings (SSSR count). The summed E-state index contributed by atoms with van der Waals surface area (Å²) in [4.78, 5) is 24.2. The number of esters is 1. The highest BCUT2D eigenvalue weighted by molar-refractivity contribution is 5.94. The fourth-order valence-electron chi connectivity index (χ4n) is 2.64. The molecule has 2 N–H and O–H groups in total. The van der Waals surface area contributed by atoms with E-state index in [4.69, 9.17) is 4.74 Å². The number of carbonyl (C=O) groups is 2. The number of methoxy groups -OCH3 is 1. The second-order valence-corrected chi connectivity index (χ2v) is 5.92. The standard InChI is InChI=1S/C15H25N5O3.ClH/c1-4-10(2)13(15(22)23-3)17-14(21)12-9-20(19-18-12)11-5-7-16-8-6-11;/h9-11,13,16H,4-8H2,1-3H3,(H,17,21);1H/t10-,13-;/m0./s1. The topological polar surface area (TPSA) is 98.1 Å². The molecule has 1 aromatic heterocycles. The van der Waals surface area contributed by atoms with Gasteiger partial charge in [0.25, 0.3) is 5.91 Å². The highest BCUT2D eigenvalue weighted by atomic mass is 35.5. The predicted molar refractivity (Wildman–Crippen MR) is 91.1 cm³/mol. The lowest BCUT2D eigenvalue weighted by molar-refractivity contribution is -0.144. The third-order valence-corrected chi connectivity index (χ3v) is 4.38. The summed E-state index contributed by atoms with van der Waals surface area (Å²) in [5.41, 5.74) is 0.223. The molecule has 0 unspecified atom stereocenters. The van der Waals surface area contributed by atoms with Crippen molar-refractivity contribution in [2.75, 3.05) is 20.2 Å². The Morgan fingerprint density at radius 1 is 1.46 bits per heavy atom. The molecule has 1 aliphatic heterocycles. The minimum atomic E-state index is -0.679. The summed E-state index contributed by atoms with van der Waals surface area (Å²) in [5, 5.41) is 14.0. The first-order valence-electron chi connectivity index (χ1n) is 8.08. The first-order valence-corrected chi connectivity index (χ1v) is 8.08. The van der Waals surface area contributed by atoms with E-state index in [9.17, 15) is 9.59 Å². The second kappa shape index (κ2) is 9.58. The van der Waals surface area contributed by atoms with E-state index in [0.717, 1.165) is 32.4 Å². The normalized spacial score (nSPS) is 17.5. The Kier molecular flexibility index (Phi) is 8.14. The molecular formula is C15H26ClN5O3. The fraction of sp³-hybridized carbons (Fsp3) is 0.733. The number of rotatable bonds is 6. The van der Waals surface area contributed by atoms with Crippen LogP contribution in [0.25, 0.3) is 0 Å². The van der Waals surface area contributed by atoms with Gasteiger partial charge in [0.05, 0.1) is 19.3 Å². The molecule has 1 aromatic rings. The van der Waals surface area contributed by atoms with Gasteiger partial charge in [-0.25, -0.2) is 9.48 Å². The first-order chi connectivity index (χ1) is 11.1. The van der Waals surface area contributed by atoms with Crippen LogP contribution in [-0.2, 0) is 9.53 Å². The number of piperidine rings is 1. The van der Waals surface area contributed by atoms with E-state index in [1.54, 1.807) is 10.9 Å². The van der Waals surface area contributed by atoms with Gasteiger partial charge in [0.1, 0.15) is 6.04 Å². The van der Waals surface area contributed by atoms with Gasteiger partial charge >= 0.3 is 5.97 Å². The minimum absolute atomic E-state index is 0. The minimum Gasteiger partial charge on any atom is -0.467 e. The predicted octanol–water partition coefficient (Wildman–Crippen LogP) is 0.942. The molecule has 1 saturated heterocycles. The molecule has 8 nitrogen and oxygen atoms in total. The van der Waals surface area contributed by atoms with Crippen LogP contribution in [0, 0.1) is 5.92 Å². The van der Waals surface area contributed by atoms with Crippen molar-refractivity contribution in [3.05, 3.63) is 11.9 Å². The van der Waals surface area contributed by atoms with Crippen LogP contribution in [0.15, 0.2) is 6.20 Å². The number of hydrogen-bond donors (Lipinski definition) is 2. The molecule has 1 fully saturated rings. The average Bonchev–Trinajstić information content (AvgIpc) is 3.09. The molecule has 0 aliphatic carbocycles. The Bertz CT molecular complexity index is 545. The van der Waals surface area contributed by atoms with E-state index < -0.39 is 17.9 Å². The SMILES string of the molecule is CC[C@H](C)[C@H](NC(=O)c1cn(C2CCNCC2)nn1)C(=O)OC.Cl. The van der Waals surface area contributed by atoms with Gasteiger partial charge in [0.2, 0.25) is 0 Å². The van der Waals surface area contributed by atoms with Crippen LogP contribution in [0.4, 0.5) is 0 Å². The van der Waals surface area contributed by atoms with Gasteiger partial charge in [-0.3, -0.25) is 4.79 Å². The van der Waals surface area contributed by atoms with Crippen LogP contribution in [0.5, 0.6) is 0 Å². The monoisotopic (exact) mass is 359 g/mol. The zero-order valence-corrected chi connectivity index (χ0v) is 15.1. The molecule has 24 heavy (non-hydrogen) atoms. The Morgan fingerprint density at radius 2 is 2.12 bits per heavy atom. The molecule has 2 heterocycles. The number of amides is 1. The van der Waals surface area contributed by atoms with Crippen molar-refractivity contribution in [2.24, 2.45) is 5.92 Å². The van der Waals surface area contributed by atoms with Crippen molar-refractivity contribution < 1.29 is 14.3 Å². The maximum atomic E-state index is 12.3. The molecule has 2 atom stereocenters. The van der Waals surface area contributed by atoms with E-state index >= 15 is 0 Å². The summed E-state index contributed by atoms with van der Waals surface area (Å²) in [6.07, 6.45) is 4.32. The highest BCUT2D eigenvalue weighted by Gasteiger charge is 2.28. The maximum Gasteiger partial charge on any atom is 0.328 e. The Labute approximate surface area is 148 Å². The highest BCUT2D eigenvalue weighted by Crippen LogP contribution is 2.17. The lowest BCUT2D eigenvalue weighted by atomic mass is 9.99. The van der Waals surface area contributed by atoms with Gasteiger partial charge in [-0.05, 0) is 31.8 Å². The van der Waals surface area contributed by atoms with Gasteiger partial charge in [-0.1, -0.05) is 25.5 Å². The second-order valence-electron chi connectivity index (χ2n) is 5.92. The lowest BCUT2D eigenvalue weighted by Crippen LogP contribution is -2.45. The van der Waals surface area contributed by atoms with Crippen molar-refractivity contribution in [3.8, 4) is 0 Å². The zero-order chi connectivity index (χ0) is 16.8. The number of halogens is 1. The quantitative estimate of drug-likeness (QED) is 0.733. The largest absolute Gasteiger partial charge is 0.467 e. The van der Waals surface area contributed by atoms with E-state index in [2.05, 4.69) is 20.9 Å². The van der Waals surface area contributed by atoms with Crippen LogP contribution in [-0.4, -0.2) is 53.1 Å². The summed E-state index contributed by atoms with van der Waals surface area (Å²) in [7, 11) is 1.32. The lowest BCUT2D eigenvalue weighted by Gasteiger charge is -2.22. The number of carbonyl (C=O) groups excluding carboxylic acids is 2. The van der Waals surface area contributed by atoms with Gasteiger partial charge in [0.15, 0.2) is 5.69 Å². The van der Waals surface area contributed by atoms with Crippen molar-refractivity contribution in [2.45, 2.75) is 45.2 Å². The number of aromatic nitrogens is 3. The fourth-order valence-corrected chi connectivity index (χ4v) is 2.64. The Balaban J connectivity index is 0.00000288. The molecule has 1 amide bonds. The maximum absolute atomic E-state index is 12.3. The average molecular weight is 360 g/mol. The van der Waals surface area contributed by atoms with Crippen LogP contribution >= 0.6 is 12.4 Å². The summed E-state index contributed by atoms with van der Waals surface area (Å²) in [5.74, 6) is -0.870. The molecule has 0 saturated carbocycles. The van der Waals surface area contributed by atoms with Gasteiger partial charge in [-0.15, -0.1) is 17.5 Å². The van der Waals surface area contributed by atoms with E-state index in [0.29, 0.717) is 0 Å². The number of ether oxygens (including phenoxy) is 1. The Morgan fingerprint density at radius 3 is 2.71 bits per heavy atom. The Hall–Kier alpha value is -1.67. The smallest absolute Gasteiger partial charge is 0.328 e. The molecule has 136 valence electrons. The number of hydrogen-bond acceptors (Lipinski definition) is 6. The van der Waals surface area contributed by atoms with Crippen LogP contribution in [0.3, 0.4) is 0 Å². The molecular weight excluding hydrogens is 334 g/mol. The summed E-state index contributed by atoms with van der Waals surface area (Å²) < 4.78 is 6.51.